The van der Waals surface area contributed by atoms with Crippen molar-refractivity contribution in [1.82, 2.24) is 0 Å². The lowest BCUT2D eigenvalue weighted by Gasteiger charge is -2.27. The number of aliphatic hydroxyl groups is 1. The first kappa shape index (κ1) is 23.9. The van der Waals surface area contributed by atoms with Crippen LogP contribution in [0.5, 0.6) is 17.2 Å². The summed E-state index contributed by atoms with van der Waals surface area (Å²) in [5.41, 5.74) is 2.47. The lowest BCUT2D eigenvalue weighted by molar-refractivity contribution is -0.132. The standard InChI is InChI=1S/C31H25NO5/c1-20-9-6-7-14-26(20)32-28(22-10-8-13-25(19-22)37-24-11-4-3-5-12-24)27(30(34)31(32)35)29(33)21-15-17-23(36-2)18-16-21/h3-19,28,33H,1-2H3/b29-27-. The molecule has 1 N–H and O–H groups in total. The largest absolute Gasteiger partial charge is 0.507 e. The minimum atomic E-state index is -0.859. The van der Waals surface area contributed by atoms with Gasteiger partial charge in [0.2, 0.25) is 0 Å². The Labute approximate surface area is 215 Å². The molecule has 4 aromatic carbocycles. The summed E-state index contributed by atoms with van der Waals surface area (Å²) in [6, 6.07) is 29.8. The number of methoxy groups -OCH3 is 1. The second-order valence-electron chi connectivity index (χ2n) is 8.67. The topological polar surface area (TPSA) is 76.1 Å². The lowest BCUT2D eigenvalue weighted by Crippen LogP contribution is -2.30. The summed E-state index contributed by atoms with van der Waals surface area (Å²) >= 11 is 0. The van der Waals surface area contributed by atoms with Crippen LogP contribution < -0.4 is 14.4 Å². The van der Waals surface area contributed by atoms with Crippen LogP contribution in [0.1, 0.15) is 22.7 Å². The predicted octanol–water partition coefficient (Wildman–Crippen LogP) is 6.42. The molecule has 37 heavy (non-hydrogen) atoms. The number of nitrogens with zero attached hydrogens (tertiary/aromatic N) is 1. The molecule has 0 radical (unpaired) electrons. The van der Waals surface area contributed by atoms with Gasteiger partial charge >= 0.3 is 0 Å². The molecule has 6 heteroatoms. The van der Waals surface area contributed by atoms with E-state index in [1.54, 1.807) is 55.6 Å². The first-order chi connectivity index (χ1) is 18.0. The van der Waals surface area contributed by atoms with E-state index in [0.717, 1.165) is 5.56 Å². The van der Waals surface area contributed by atoms with Crippen LogP contribution in [0.25, 0.3) is 5.76 Å². The van der Waals surface area contributed by atoms with E-state index >= 15 is 0 Å². The monoisotopic (exact) mass is 491 g/mol. The number of benzene rings is 4. The zero-order valence-corrected chi connectivity index (χ0v) is 20.4. The SMILES string of the molecule is COc1ccc(/C(O)=C2/C(=O)C(=O)N(c3ccccc3C)C2c2cccc(Oc3ccccc3)c2)cc1. The molecule has 6 nitrogen and oxygen atoms in total. The highest BCUT2D eigenvalue weighted by Gasteiger charge is 2.47. The molecule has 1 saturated heterocycles. The molecule has 0 aromatic heterocycles. The average molecular weight is 492 g/mol. The van der Waals surface area contributed by atoms with Crippen molar-refractivity contribution < 1.29 is 24.2 Å². The fraction of sp³-hybridized carbons (Fsp3) is 0.0968. The smallest absolute Gasteiger partial charge is 0.300 e. The molecule has 0 aliphatic carbocycles. The Morgan fingerprint density at radius 3 is 2.16 bits per heavy atom. The molecular formula is C31H25NO5. The summed E-state index contributed by atoms with van der Waals surface area (Å²) in [6.07, 6.45) is 0. The summed E-state index contributed by atoms with van der Waals surface area (Å²) in [5.74, 6) is 0.102. The molecule has 0 saturated carbocycles. The van der Waals surface area contributed by atoms with Crippen LogP contribution in [0.15, 0.2) is 109 Å². The van der Waals surface area contributed by atoms with Gasteiger partial charge in [0, 0.05) is 11.3 Å². The van der Waals surface area contributed by atoms with Crippen molar-refractivity contribution in [3.63, 3.8) is 0 Å². The molecule has 1 atom stereocenters. The van der Waals surface area contributed by atoms with Gasteiger partial charge < -0.3 is 14.6 Å². The second kappa shape index (κ2) is 10.0. The van der Waals surface area contributed by atoms with E-state index in [1.165, 1.54) is 4.90 Å². The van der Waals surface area contributed by atoms with Crippen molar-refractivity contribution in [3.8, 4) is 17.2 Å². The summed E-state index contributed by atoms with van der Waals surface area (Å²) in [4.78, 5) is 28.3. The maximum atomic E-state index is 13.4. The number of carbonyl (C=O) groups is 2. The van der Waals surface area contributed by atoms with Gasteiger partial charge in [0.25, 0.3) is 11.7 Å². The molecule has 4 aromatic rings. The fourth-order valence-corrected chi connectivity index (χ4v) is 4.51. The Hall–Kier alpha value is -4.84. The number of amides is 1. The number of aryl methyl sites for hydroxylation is 1. The predicted molar refractivity (Wildman–Crippen MR) is 142 cm³/mol. The number of rotatable bonds is 6. The zero-order chi connectivity index (χ0) is 25.9. The molecule has 5 rings (SSSR count). The zero-order valence-electron chi connectivity index (χ0n) is 20.4. The number of hydrogen-bond acceptors (Lipinski definition) is 5. The number of anilines is 1. The summed E-state index contributed by atoms with van der Waals surface area (Å²) in [7, 11) is 1.55. The van der Waals surface area contributed by atoms with Crippen molar-refractivity contribution in [2.75, 3.05) is 12.0 Å². The van der Waals surface area contributed by atoms with E-state index in [2.05, 4.69) is 0 Å². The highest BCUT2D eigenvalue weighted by atomic mass is 16.5. The van der Waals surface area contributed by atoms with E-state index < -0.39 is 17.7 Å². The van der Waals surface area contributed by atoms with Crippen molar-refractivity contribution in [2.45, 2.75) is 13.0 Å². The van der Waals surface area contributed by atoms with Gasteiger partial charge in [-0.25, -0.2) is 0 Å². The molecule has 0 spiro atoms. The Kier molecular flexibility index (Phi) is 6.47. The van der Waals surface area contributed by atoms with Gasteiger partial charge in [0.1, 0.15) is 23.0 Å². The highest BCUT2D eigenvalue weighted by Crippen LogP contribution is 2.44. The number of carbonyl (C=O) groups excluding carboxylic acids is 2. The summed E-state index contributed by atoms with van der Waals surface area (Å²) in [6.45, 7) is 1.88. The first-order valence-corrected chi connectivity index (χ1v) is 11.8. The number of Topliss-reactive ketones (excluding diaryl/α,β-unsaturated/α-hetero) is 1. The molecule has 0 bridgehead atoms. The second-order valence-corrected chi connectivity index (χ2v) is 8.67. The Morgan fingerprint density at radius 1 is 0.784 bits per heavy atom. The third-order valence-corrected chi connectivity index (χ3v) is 6.34. The number of ketones is 1. The van der Waals surface area contributed by atoms with Crippen LogP contribution in [0, 0.1) is 6.92 Å². The maximum absolute atomic E-state index is 13.4. The van der Waals surface area contributed by atoms with Crippen molar-refractivity contribution in [3.05, 3.63) is 125 Å². The van der Waals surface area contributed by atoms with Gasteiger partial charge in [0.15, 0.2) is 0 Å². The maximum Gasteiger partial charge on any atom is 0.300 e. The summed E-state index contributed by atoms with van der Waals surface area (Å²) < 4.78 is 11.2. The van der Waals surface area contributed by atoms with E-state index in [4.69, 9.17) is 9.47 Å². The van der Waals surface area contributed by atoms with Crippen LogP contribution in [-0.4, -0.2) is 23.9 Å². The fourth-order valence-electron chi connectivity index (χ4n) is 4.51. The normalized spacial score (nSPS) is 16.6. The average Bonchev–Trinajstić information content (AvgIpc) is 3.19. The molecule has 1 unspecified atom stereocenters. The quantitative estimate of drug-likeness (QED) is 0.191. The minimum Gasteiger partial charge on any atom is -0.507 e. The first-order valence-electron chi connectivity index (χ1n) is 11.8. The third-order valence-electron chi connectivity index (χ3n) is 6.34. The van der Waals surface area contributed by atoms with Gasteiger partial charge in [-0.15, -0.1) is 0 Å². The van der Waals surface area contributed by atoms with Crippen LogP contribution in [0.2, 0.25) is 0 Å². The van der Waals surface area contributed by atoms with E-state index in [9.17, 15) is 14.7 Å². The number of ether oxygens (including phenoxy) is 2. The van der Waals surface area contributed by atoms with E-state index in [0.29, 0.717) is 34.1 Å². The molecule has 184 valence electrons. The third kappa shape index (κ3) is 4.57. The molecule has 1 amide bonds. The summed E-state index contributed by atoms with van der Waals surface area (Å²) in [5, 5.41) is 11.4. The molecular weight excluding hydrogens is 466 g/mol. The van der Waals surface area contributed by atoms with Crippen molar-refractivity contribution in [2.24, 2.45) is 0 Å². The number of hydrogen-bond donors (Lipinski definition) is 1. The van der Waals surface area contributed by atoms with Gasteiger partial charge in [-0.3, -0.25) is 14.5 Å². The Balaban J connectivity index is 1.67. The van der Waals surface area contributed by atoms with Gasteiger partial charge in [-0.1, -0.05) is 48.5 Å². The van der Waals surface area contributed by atoms with Crippen LogP contribution in [-0.2, 0) is 9.59 Å². The van der Waals surface area contributed by atoms with Crippen LogP contribution in [0.4, 0.5) is 5.69 Å². The van der Waals surface area contributed by atoms with Crippen LogP contribution in [0.3, 0.4) is 0 Å². The Bertz CT molecular complexity index is 1490. The molecule has 1 fully saturated rings. The van der Waals surface area contributed by atoms with Gasteiger partial charge in [-0.05, 0) is 72.6 Å². The number of para-hydroxylation sites is 2. The molecule has 1 aliphatic rings. The molecule has 1 aliphatic heterocycles. The van der Waals surface area contributed by atoms with Crippen LogP contribution >= 0.6 is 0 Å². The lowest BCUT2D eigenvalue weighted by atomic mass is 9.94. The molecule has 1 heterocycles. The van der Waals surface area contributed by atoms with Crippen molar-refractivity contribution in [1.29, 1.82) is 0 Å². The van der Waals surface area contributed by atoms with Crippen molar-refractivity contribution >= 4 is 23.1 Å². The van der Waals surface area contributed by atoms with Gasteiger partial charge in [0.05, 0.1) is 18.7 Å². The van der Waals surface area contributed by atoms with Gasteiger partial charge in [-0.2, -0.15) is 0 Å². The Morgan fingerprint density at radius 2 is 1.46 bits per heavy atom. The van der Waals surface area contributed by atoms with E-state index in [1.807, 2.05) is 61.5 Å². The van der Waals surface area contributed by atoms with E-state index in [-0.39, 0.29) is 11.3 Å². The minimum absolute atomic E-state index is 0.00952. The number of aliphatic hydroxyl groups excluding tert-OH is 1. The highest BCUT2D eigenvalue weighted by molar-refractivity contribution is 6.51.